The van der Waals surface area contributed by atoms with Gasteiger partial charge in [-0.1, -0.05) is 6.92 Å². The van der Waals surface area contributed by atoms with Gasteiger partial charge in [0.2, 0.25) is 10.0 Å². The van der Waals surface area contributed by atoms with E-state index in [0.29, 0.717) is 13.2 Å². The number of carboxylic acids is 1. The van der Waals surface area contributed by atoms with Crippen LogP contribution in [0.1, 0.15) is 20.3 Å². The molecule has 1 atom stereocenters. The summed E-state index contributed by atoms with van der Waals surface area (Å²) in [6, 6.07) is -0.299. The summed E-state index contributed by atoms with van der Waals surface area (Å²) >= 11 is 0. The molecule has 0 amide bonds. The van der Waals surface area contributed by atoms with Gasteiger partial charge in [0.25, 0.3) is 0 Å². The Kier molecular flexibility index (Phi) is 6.31. The summed E-state index contributed by atoms with van der Waals surface area (Å²) in [5.41, 5.74) is 0. The zero-order valence-electron chi connectivity index (χ0n) is 12.4. The van der Waals surface area contributed by atoms with Crippen molar-refractivity contribution >= 4 is 16.0 Å². The van der Waals surface area contributed by atoms with E-state index in [9.17, 15) is 13.2 Å². The normalized spacial score (nSPS) is 13.5. The third-order valence-corrected chi connectivity index (χ3v) is 5.02. The highest BCUT2D eigenvalue weighted by molar-refractivity contribution is 7.89. The number of ether oxygens (including phenoxy) is 1. The minimum atomic E-state index is -3.67. The first-order valence-corrected chi connectivity index (χ1v) is 8.02. The molecule has 1 heterocycles. The van der Waals surface area contributed by atoms with Gasteiger partial charge in [0.15, 0.2) is 0 Å². The highest BCUT2D eigenvalue weighted by atomic mass is 32.2. The van der Waals surface area contributed by atoms with Crippen LogP contribution in [0.25, 0.3) is 0 Å². The van der Waals surface area contributed by atoms with Crippen LogP contribution in [0.2, 0.25) is 0 Å². The molecular formula is C12H21N3O5S. The number of rotatable bonds is 9. The summed E-state index contributed by atoms with van der Waals surface area (Å²) in [5.74, 6) is -0.959. The van der Waals surface area contributed by atoms with E-state index in [1.807, 2.05) is 0 Å². The van der Waals surface area contributed by atoms with Crippen LogP contribution in [0.4, 0.5) is 0 Å². The number of sulfonamides is 1. The molecule has 0 aromatic carbocycles. The van der Waals surface area contributed by atoms with Gasteiger partial charge in [0, 0.05) is 25.9 Å². The van der Waals surface area contributed by atoms with Crippen molar-refractivity contribution in [2.24, 2.45) is 0 Å². The van der Waals surface area contributed by atoms with Crippen LogP contribution in [0.15, 0.2) is 17.3 Å². The standard InChI is InChI=1S/C12H21N3O5S/c1-4-15(10(2)9-20-3)21(18,19)11-7-13-14(8-11)6-5-12(16)17/h7-8,10H,4-6,9H2,1-3H3,(H,16,17). The third-order valence-electron chi connectivity index (χ3n) is 2.98. The van der Waals surface area contributed by atoms with Crippen molar-refractivity contribution in [2.75, 3.05) is 20.3 Å². The molecule has 0 radical (unpaired) electrons. The SMILES string of the molecule is CCN(C(C)COC)S(=O)(=O)c1cnn(CCC(=O)O)c1. The third kappa shape index (κ3) is 4.51. The monoisotopic (exact) mass is 319 g/mol. The number of aromatic nitrogens is 2. The molecule has 0 bridgehead atoms. The maximum Gasteiger partial charge on any atom is 0.305 e. The van der Waals surface area contributed by atoms with Crippen LogP contribution in [-0.4, -0.2) is 59.9 Å². The lowest BCUT2D eigenvalue weighted by molar-refractivity contribution is -0.137. The molecule has 1 rings (SSSR count). The van der Waals surface area contributed by atoms with Crippen molar-refractivity contribution in [2.45, 2.75) is 37.8 Å². The second-order valence-electron chi connectivity index (χ2n) is 4.60. The molecule has 120 valence electrons. The summed E-state index contributed by atoms with van der Waals surface area (Å²) < 4.78 is 32.7. The lowest BCUT2D eigenvalue weighted by Gasteiger charge is -2.25. The van der Waals surface area contributed by atoms with E-state index in [1.54, 1.807) is 13.8 Å². The molecule has 0 saturated heterocycles. The minimum absolute atomic E-state index is 0.0534. The summed E-state index contributed by atoms with van der Waals surface area (Å²) in [7, 11) is -2.15. The molecule has 0 saturated carbocycles. The molecule has 1 aromatic rings. The van der Waals surface area contributed by atoms with Crippen LogP contribution in [-0.2, 0) is 26.1 Å². The Bertz CT molecular complexity index is 569. The zero-order valence-corrected chi connectivity index (χ0v) is 13.2. The molecule has 9 heteroatoms. The molecule has 0 aliphatic rings. The molecule has 1 unspecified atom stereocenters. The first kappa shape index (κ1) is 17.6. The topological polar surface area (TPSA) is 102 Å². The average Bonchev–Trinajstić information content (AvgIpc) is 2.86. The van der Waals surface area contributed by atoms with Crippen molar-refractivity contribution in [3.63, 3.8) is 0 Å². The van der Waals surface area contributed by atoms with Gasteiger partial charge >= 0.3 is 5.97 Å². The van der Waals surface area contributed by atoms with Crippen molar-refractivity contribution in [1.29, 1.82) is 0 Å². The van der Waals surface area contributed by atoms with Gasteiger partial charge in [-0.15, -0.1) is 0 Å². The lowest BCUT2D eigenvalue weighted by Crippen LogP contribution is -2.40. The maximum absolute atomic E-state index is 12.5. The number of likely N-dealkylation sites (N-methyl/N-ethyl adjacent to an activating group) is 1. The first-order valence-electron chi connectivity index (χ1n) is 6.58. The zero-order chi connectivity index (χ0) is 16.0. The van der Waals surface area contributed by atoms with Crippen LogP contribution in [0.3, 0.4) is 0 Å². The summed E-state index contributed by atoms with van der Waals surface area (Å²) in [6.45, 7) is 4.25. The van der Waals surface area contributed by atoms with E-state index < -0.39 is 16.0 Å². The number of methoxy groups -OCH3 is 1. The van der Waals surface area contributed by atoms with Gasteiger partial charge in [-0.3, -0.25) is 9.48 Å². The van der Waals surface area contributed by atoms with Crippen LogP contribution in [0.5, 0.6) is 0 Å². The predicted octanol–water partition coefficient (Wildman–Crippen LogP) is 0.403. The molecule has 1 N–H and O–H groups in total. The largest absolute Gasteiger partial charge is 0.481 e. The predicted molar refractivity (Wildman–Crippen MR) is 75.4 cm³/mol. The van der Waals surface area contributed by atoms with Crippen molar-refractivity contribution in [1.82, 2.24) is 14.1 Å². The molecule has 8 nitrogen and oxygen atoms in total. The van der Waals surface area contributed by atoms with E-state index in [4.69, 9.17) is 9.84 Å². The fourth-order valence-corrected chi connectivity index (χ4v) is 3.57. The molecule has 0 aliphatic carbocycles. The number of carboxylic acid groups (broad SMARTS) is 1. The average molecular weight is 319 g/mol. The quantitative estimate of drug-likeness (QED) is 0.707. The van der Waals surface area contributed by atoms with E-state index in [2.05, 4.69) is 5.10 Å². The molecule has 1 aromatic heterocycles. The Balaban J connectivity index is 2.93. The Morgan fingerprint density at radius 3 is 2.76 bits per heavy atom. The van der Waals surface area contributed by atoms with Crippen LogP contribution >= 0.6 is 0 Å². The molecular weight excluding hydrogens is 298 g/mol. The summed E-state index contributed by atoms with van der Waals surface area (Å²) in [6.07, 6.45) is 2.47. The molecule has 0 spiro atoms. The highest BCUT2D eigenvalue weighted by Gasteiger charge is 2.28. The second kappa shape index (κ2) is 7.53. The molecule has 0 fully saturated rings. The van der Waals surface area contributed by atoms with Crippen molar-refractivity contribution < 1.29 is 23.1 Å². The Morgan fingerprint density at radius 2 is 2.24 bits per heavy atom. The van der Waals surface area contributed by atoms with Gasteiger partial charge < -0.3 is 9.84 Å². The summed E-state index contributed by atoms with van der Waals surface area (Å²) in [5, 5.41) is 12.5. The Labute approximate surface area is 124 Å². The summed E-state index contributed by atoms with van der Waals surface area (Å²) in [4.78, 5) is 10.6. The van der Waals surface area contributed by atoms with Crippen LogP contribution in [0, 0.1) is 0 Å². The second-order valence-corrected chi connectivity index (χ2v) is 6.49. The number of carbonyl (C=O) groups is 1. The number of aliphatic carboxylic acids is 1. The first-order chi connectivity index (χ1) is 9.82. The van der Waals surface area contributed by atoms with E-state index in [0.717, 1.165) is 0 Å². The number of nitrogens with zero attached hydrogens (tertiary/aromatic N) is 3. The number of hydrogen-bond donors (Lipinski definition) is 1. The Morgan fingerprint density at radius 1 is 1.57 bits per heavy atom. The minimum Gasteiger partial charge on any atom is -0.481 e. The van der Waals surface area contributed by atoms with E-state index in [-0.39, 0.29) is 23.9 Å². The van der Waals surface area contributed by atoms with Crippen molar-refractivity contribution in [3.8, 4) is 0 Å². The Hall–Kier alpha value is -1.45. The number of aryl methyl sites for hydroxylation is 1. The number of hydrogen-bond acceptors (Lipinski definition) is 5. The fraction of sp³-hybridized carbons (Fsp3) is 0.667. The van der Waals surface area contributed by atoms with E-state index in [1.165, 1.54) is 28.5 Å². The van der Waals surface area contributed by atoms with Gasteiger partial charge in [-0.2, -0.15) is 9.40 Å². The van der Waals surface area contributed by atoms with Gasteiger partial charge in [0.05, 0.1) is 25.8 Å². The lowest BCUT2D eigenvalue weighted by atomic mass is 10.4. The van der Waals surface area contributed by atoms with Gasteiger partial charge in [-0.25, -0.2) is 8.42 Å². The van der Waals surface area contributed by atoms with E-state index >= 15 is 0 Å². The van der Waals surface area contributed by atoms with Crippen molar-refractivity contribution in [3.05, 3.63) is 12.4 Å². The highest BCUT2D eigenvalue weighted by Crippen LogP contribution is 2.17. The van der Waals surface area contributed by atoms with Gasteiger partial charge in [-0.05, 0) is 6.92 Å². The smallest absolute Gasteiger partial charge is 0.305 e. The maximum atomic E-state index is 12.5. The fourth-order valence-electron chi connectivity index (χ4n) is 1.99. The van der Waals surface area contributed by atoms with Gasteiger partial charge in [0.1, 0.15) is 4.90 Å². The molecule has 0 aliphatic heterocycles. The molecule has 21 heavy (non-hydrogen) atoms. The van der Waals surface area contributed by atoms with Crippen LogP contribution < -0.4 is 0 Å².